The van der Waals surface area contributed by atoms with Crippen LogP contribution in [0.5, 0.6) is 0 Å². The van der Waals surface area contributed by atoms with E-state index in [0.29, 0.717) is 4.90 Å². The molecule has 1 aromatic carbocycles. The number of hydroxylamine groups is 2. The fourth-order valence-electron chi connectivity index (χ4n) is 1.30. The molecule has 2 atom stereocenters. The predicted octanol–water partition coefficient (Wildman–Crippen LogP) is 0.483. The van der Waals surface area contributed by atoms with Gasteiger partial charge in [0.2, 0.25) is 0 Å². The molecule has 1 amide bonds. The number of nitrogens with zero attached hydrogens (tertiary/aromatic N) is 1. The number of hydrogen-bond donors (Lipinski definition) is 1. The molecule has 0 fully saturated rings. The third-order valence-corrected chi connectivity index (χ3v) is 3.88. The zero-order valence-corrected chi connectivity index (χ0v) is 11.4. The number of amides is 1. The molecule has 1 rings (SSSR count). The summed E-state index contributed by atoms with van der Waals surface area (Å²) < 4.78 is 11.9. The molecule has 18 heavy (non-hydrogen) atoms. The monoisotopic (exact) mass is 271 g/mol. The second kappa shape index (κ2) is 6.63. The van der Waals surface area contributed by atoms with E-state index in [0.717, 1.165) is 10.6 Å². The molecule has 0 aromatic heterocycles. The summed E-state index contributed by atoms with van der Waals surface area (Å²) in [5.41, 5.74) is 1.06. The molecule has 0 bridgehead atoms. The van der Waals surface area contributed by atoms with Crippen molar-refractivity contribution in [1.82, 2.24) is 5.06 Å². The van der Waals surface area contributed by atoms with Crippen LogP contribution in [0.2, 0.25) is 0 Å². The summed E-state index contributed by atoms with van der Waals surface area (Å²) in [6.07, 6.45) is -1.34. The van der Waals surface area contributed by atoms with E-state index < -0.39 is 22.8 Å². The van der Waals surface area contributed by atoms with Gasteiger partial charge in [-0.05, 0) is 19.1 Å². The van der Waals surface area contributed by atoms with Crippen LogP contribution in [0.25, 0.3) is 0 Å². The van der Waals surface area contributed by atoms with Gasteiger partial charge in [-0.25, -0.2) is 5.06 Å². The fourth-order valence-corrected chi connectivity index (χ4v) is 2.36. The van der Waals surface area contributed by atoms with Gasteiger partial charge in [0.1, 0.15) is 6.10 Å². The Kier molecular flexibility index (Phi) is 5.46. The zero-order chi connectivity index (χ0) is 13.7. The van der Waals surface area contributed by atoms with Crippen LogP contribution < -0.4 is 0 Å². The molecule has 0 heterocycles. The maximum Gasteiger partial charge on any atom is 0.275 e. The Morgan fingerprint density at radius 2 is 2.00 bits per heavy atom. The van der Waals surface area contributed by atoms with Crippen molar-refractivity contribution >= 4 is 16.7 Å². The number of carbonyl (C=O) groups excluding carboxylic acids is 1. The predicted molar refractivity (Wildman–Crippen MR) is 68.2 cm³/mol. The van der Waals surface area contributed by atoms with E-state index in [9.17, 15) is 14.1 Å². The number of aliphatic hydroxyl groups is 1. The van der Waals surface area contributed by atoms with Crippen molar-refractivity contribution in [2.45, 2.75) is 17.9 Å². The fraction of sp³-hybridized carbons (Fsp3) is 0.417. The SMILES string of the molecule is CON(C)C(=O)[C@@H](O)C[S@](=O)c1ccc(C)cc1. The lowest BCUT2D eigenvalue weighted by Gasteiger charge is -2.17. The zero-order valence-electron chi connectivity index (χ0n) is 10.6. The van der Waals surface area contributed by atoms with Crippen LogP contribution >= 0.6 is 0 Å². The molecule has 5 nitrogen and oxygen atoms in total. The van der Waals surface area contributed by atoms with E-state index in [1.165, 1.54) is 14.2 Å². The van der Waals surface area contributed by atoms with E-state index >= 15 is 0 Å². The molecule has 1 aromatic rings. The highest BCUT2D eigenvalue weighted by molar-refractivity contribution is 7.85. The molecule has 0 unspecified atom stereocenters. The Hall–Kier alpha value is -1.24. The number of carbonyl (C=O) groups is 1. The summed E-state index contributed by atoms with van der Waals surface area (Å²) >= 11 is 0. The number of aryl methyl sites for hydroxylation is 1. The van der Waals surface area contributed by atoms with Gasteiger partial charge in [-0.2, -0.15) is 0 Å². The van der Waals surface area contributed by atoms with Gasteiger partial charge in [0.25, 0.3) is 5.91 Å². The number of rotatable bonds is 5. The van der Waals surface area contributed by atoms with E-state index in [2.05, 4.69) is 4.84 Å². The topological polar surface area (TPSA) is 66.8 Å². The van der Waals surface area contributed by atoms with Crippen molar-refractivity contribution in [3.05, 3.63) is 29.8 Å². The maximum atomic E-state index is 11.9. The molecule has 0 aliphatic heterocycles. The van der Waals surface area contributed by atoms with Crippen molar-refractivity contribution in [1.29, 1.82) is 0 Å². The first-order valence-electron chi connectivity index (χ1n) is 5.40. The molecule has 100 valence electrons. The smallest absolute Gasteiger partial charge is 0.275 e. The first kappa shape index (κ1) is 14.8. The van der Waals surface area contributed by atoms with Crippen molar-refractivity contribution in [3.63, 3.8) is 0 Å². The van der Waals surface area contributed by atoms with Crippen LogP contribution in [0.3, 0.4) is 0 Å². The van der Waals surface area contributed by atoms with Gasteiger partial charge in [0.15, 0.2) is 0 Å². The summed E-state index contributed by atoms with van der Waals surface area (Å²) in [5, 5.41) is 10.6. The van der Waals surface area contributed by atoms with Gasteiger partial charge in [-0.1, -0.05) is 17.7 Å². The summed E-state index contributed by atoms with van der Waals surface area (Å²) in [4.78, 5) is 16.8. The van der Waals surface area contributed by atoms with Crippen LogP contribution in [0, 0.1) is 6.92 Å². The third-order valence-electron chi connectivity index (χ3n) is 2.46. The Morgan fingerprint density at radius 1 is 1.44 bits per heavy atom. The Balaban J connectivity index is 2.65. The molecule has 1 N–H and O–H groups in total. The average Bonchev–Trinajstić information content (AvgIpc) is 2.37. The highest BCUT2D eigenvalue weighted by atomic mass is 32.2. The van der Waals surface area contributed by atoms with E-state index in [1.54, 1.807) is 12.1 Å². The molecule has 0 aliphatic rings. The lowest BCUT2D eigenvalue weighted by atomic mass is 10.2. The molecular weight excluding hydrogens is 254 g/mol. The quantitative estimate of drug-likeness (QED) is 0.791. The largest absolute Gasteiger partial charge is 0.382 e. The van der Waals surface area contributed by atoms with Crippen molar-refractivity contribution in [2.24, 2.45) is 0 Å². The first-order chi connectivity index (χ1) is 8.45. The number of aliphatic hydroxyl groups excluding tert-OH is 1. The molecule has 0 saturated carbocycles. The molecule has 0 saturated heterocycles. The van der Waals surface area contributed by atoms with Crippen LogP contribution in [-0.2, 0) is 20.4 Å². The van der Waals surface area contributed by atoms with E-state index in [-0.39, 0.29) is 5.75 Å². The maximum absolute atomic E-state index is 11.9. The summed E-state index contributed by atoms with van der Waals surface area (Å²) in [5.74, 6) is -0.756. The van der Waals surface area contributed by atoms with E-state index in [4.69, 9.17) is 0 Å². The van der Waals surface area contributed by atoms with Crippen molar-refractivity contribution < 1.29 is 18.9 Å². The Morgan fingerprint density at radius 3 is 2.50 bits per heavy atom. The van der Waals surface area contributed by atoms with Crippen LogP contribution in [-0.4, -0.2) is 46.3 Å². The number of benzene rings is 1. The normalized spacial score (nSPS) is 14.0. The van der Waals surface area contributed by atoms with Gasteiger partial charge in [0, 0.05) is 11.9 Å². The van der Waals surface area contributed by atoms with Crippen molar-refractivity contribution in [3.8, 4) is 0 Å². The molecule has 0 spiro atoms. The molecule has 0 radical (unpaired) electrons. The van der Waals surface area contributed by atoms with Gasteiger partial charge in [-0.15, -0.1) is 0 Å². The molecular formula is C12H17NO4S. The highest BCUT2D eigenvalue weighted by Gasteiger charge is 2.22. The minimum Gasteiger partial charge on any atom is -0.382 e. The highest BCUT2D eigenvalue weighted by Crippen LogP contribution is 2.10. The number of likely N-dealkylation sites (N-methyl/N-ethyl adjacent to an activating group) is 1. The molecule has 6 heteroatoms. The lowest BCUT2D eigenvalue weighted by Crippen LogP contribution is -2.38. The van der Waals surface area contributed by atoms with Crippen LogP contribution in [0.4, 0.5) is 0 Å². The standard InChI is InChI=1S/C12H17NO4S/c1-9-4-6-10(7-5-9)18(16)8-11(14)12(15)13(2)17-3/h4-7,11,14H,8H2,1-3H3/t11-,18-/m0/s1. The number of hydrogen-bond acceptors (Lipinski definition) is 4. The molecule has 0 aliphatic carbocycles. The van der Waals surface area contributed by atoms with Gasteiger partial charge < -0.3 is 5.11 Å². The average molecular weight is 271 g/mol. The van der Waals surface area contributed by atoms with Crippen molar-refractivity contribution in [2.75, 3.05) is 19.9 Å². The summed E-state index contributed by atoms with van der Waals surface area (Å²) in [6.45, 7) is 1.93. The van der Waals surface area contributed by atoms with E-state index in [1.807, 2.05) is 19.1 Å². The third kappa shape index (κ3) is 3.90. The second-order valence-electron chi connectivity index (χ2n) is 3.86. The Labute approximate surface area is 109 Å². The minimum atomic E-state index is -1.41. The van der Waals surface area contributed by atoms with Crippen LogP contribution in [0.15, 0.2) is 29.2 Å². The second-order valence-corrected chi connectivity index (χ2v) is 5.36. The van der Waals surface area contributed by atoms with Gasteiger partial charge in [-0.3, -0.25) is 13.8 Å². The van der Waals surface area contributed by atoms with Gasteiger partial charge in [0.05, 0.1) is 23.7 Å². The summed E-state index contributed by atoms with van der Waals surface area (Å²) in [6, 6.07) is 7.12. The minimum absolute atomic E-state index is 0.143. The lowest BCUT2D eigenvalue weighted by molar-refractivity contribution is -0.176. The van der Waals surface area contributed by atoms with Crippen LogP contribution in [0.1, 0.15) is 5.56 Å². The summed E-state index contributed by atoms with van der Waals surface area (Å²) in [7, 11) is 1.30. The first-order valence-corrected chi connectivity index (χ1v) is 6.72. The Bertz CT molecular complexity index is 432. The van der Waals surface area contributed by atoms with Gasteiger partial charge >= 0.3 is 0 Å².